The lowest BCUT2D eigenvalue weighted by molar-refractivity contribution is 0.563. The summed E-state index contributed by atoms with van der Waals surface area (Å²) in [7, 11) is -3.74. The van der Waals surface area contributed by atoms with E-state index in [0.29, 0.717) is 11.5 Å². The van der Waals surface area contributed by atoms with Gasteiger partial charge in [0, 0.05) is 11.8 Å². The van der Waals surface area contributed by atoms with Crippen LogP contribution in [0.4, 0.5) is 0 Å². The third kappa shape index (κ3) is 3.61. The molecule has 1 unspecified atom stereocenters. The van der Waals surface area contributed by atoms with Crippen molar-refractivity contribution in [3.8, 4) is 11.4 Å². The Hall–Kier alpha value is -2.16. The van der Waals surface area contributed by atoms with Crippen LogP contribution in [0.3, 0.4) is 0 Å². The minimum Gasteiger partial charge on any atom is -0.260 e. The second-order valence-electron chi connectivity index (χ2n) is 4.85. The molecule has 2 heterocycles. The Kier molecular flexibility index (Phi) is 4.46. The zero-order valence-corrected chi connectivity index (χ0v) is 13.9. The third-order valence-corrected chi connectivity index (χ3v) is 5.74. The molecule has 0 aliphatic rings. The van der Waals surface area contributed by atoms with Crippen molar-refractivity contribution in [2.24, 2.45) is 0 Å². The van der Waals surface area contributed by atoms with E-state index in [2.05, 4.69) is 19.1 Å². The van der Waals surface area contributed by atoms with Crippen molar-refractivity contribution in [1.82, 2.24) is 19.1 Å². The van der Waals surface area contributed by atoms with Gasteiger partial charge in [0.25, 0.3) is 10.0 Å². The van der Waals surface area contributed by atoms with E-state index >= 15 is 0 Å². The molecule has 0 radical (unpaired) electrons. The number of aromatic nitrogens is 3. The molecule has 0 saturated carbocycles. The highest BCUT2D eigenvalue weighted by atomic mass is 32.2. The Morgan fingerprint density at radius 2 is 1.83 bits per heavy atom. The quantitative estimate of drug-likeness (QED) is 0.768. The molecule has 8 heteroatoms. The summed E-state index contributed by atoms with van der Waals surface area (Å²) < 4.78 is 31.5. The van der Waals surface area contributed by atoms with Gasteiger partial charge in [0.1, 0.15) is 0 Å². The molecule has 0 spiro atoms. The Morgan fingerprint density at radius 1 is 1.09 bits per heavy atom. The van der Waals surface area contributed by atoms with Crippen LogP contribution in [0.1, 0.15) is 18.7 Å². The maximum atomic E-state index is 12.4. The van der Waals surface area contributed by atoms with Gasteiger partial charge in [-0.2, -0.15) is 4.37 Å². The van der Waals surface area contributed by atoms with Crippen LogP contribution < -0.4 is 4.72 Å². The van der Waals surface area contributed by atoms with E-state index in [1.165, 1.54) is 0 Å². The van der Waals surface area contributed by atoms with Crippen LogP contribution in [0.5, 0.6) is 0 Å². The first-order valence-corrected chi connectivity index (χ1v) is 9.14. The van der Waals surface area contributed by atoms with Gasteiger partial charge in [0.15, 0.2) is 5.82 Å². The zero-order chi connectivity index (χ0) is 16.3. The van der Waals surface area contributed by atoms with Crippen molar-refractivity contribution in [3.05, 3.63) is 60.4 Å². The summed E-state index contributed by atoms with van der Waals surface area (Å²) in [6.07, 6.45) is 1.62. The number of pyridine rings is 1. The highest BCUT2D eigenvalue weighted by molar-refractivity contribution is 7.91. The molecule has 1 aromatic carbocycles. The van der Waals surface area contributed by atoms with E-state index < -0.39 is 16.1 Å². The molecule has 2 aromatic heterocycles. The molecule has 6 nitrogen and oxygen atoms in total. The summed E-state index contributed by atoms with van der Waals surface area (Å²) in [4.78, 5) is 8.29. The molecular formula is C15H14N4O2S2. The van der Waals surface area contributed by atoms with Crippen LogP contribution in [0.2, 0.25) is 0 Å². The van der Waals surface area contributed by atoms with Gasteiger partial charge in [0.2, 0.25) is 4.34 Å². The minimum atomic E-state index is -3.74. The molecule has 23 heavy (non-hydrogen) atoms. The first kappa shape index (κ1) is 15.7. The average Bonchev–Trinajstić information content (AvgIpc) is 3.07. The van der Waals surface area contributed by atoms with Gasteiger partial charge in [-0.15, -0.1) is 0 Å². The molecule has 118 valence electrons. The average molecular weight is 346 g/mol. The Balaban J connectivity index is 1.82. The molecule has 3 rings (SSSR count). The van der Waals surface area contributed by atoms with Gasteiger partial charge in [-0.05, 0) is 30.6 Å². The second kappa shape index (κ2) is 6.53. The standard InChI is InChI=1S/C15H14N4O2S2/c1-11(13-9-5-6-10-16-13)19-23(20,21)15-17-14(18-22-15)12-7-3-2-4-8-12/h2-11,19H,1H3. The highest BCUT2D eigenvalue weighted by Gasteiger charge is 2.23. The molecule has 0 fully saturated rings. The molecule has 1 N–H and O–H groups in total. The summed E-state index contributed by atoms with van der Waals surface area (Å²) in [6, 6.07) is 14.2. The Morgan fingerprint density at radius 3 is 2.52 bits per heavy atom. The van der Waals surface area contributed by atoms with Crippen molar-refractivity contribution in [3.63, 3.8) is 0 Å². The minimum absolute atomic E-state index is 0.0564. The van der Waals surface area contributed by atoms with E-state index in [4.69, 9.17) is 0 Å². The van der Waals surface area contributed by atoms with Crippen LogP contribution >= 0.6 is 11.5 Å². The fourth-order valence-electron chi connectivity index (χ4n) is 2.00. The number of nitrogens with zero attached hydrogens (tertiary/aromatic N) is 3. The predicted molar refractivity (Wildman–Crippen MR) is 88.3 cm³/mol. The summed E-state index contributed by atoms with van der Waals surface area (Å²) in [6.45, 7) is 1.74. The van der Waals surface area contributed by atoms with Gasteiger partial charge in [-0.1, -0.05) is 36.4 Å². The molecule has 0 aliphatic heterocycles. The largest absolute Gasteiger partial charge is 0.270 e. The van der Waals surface area contributed by atoms with E-state index in [-0.39, 0.29) is 4.34 Å². The number of hydrogen-bond acceptors (Lipinski definition) is 6. The normalized spacial score (nSPS) is 12.9. The van der Waals surface area contributed by atoms with Crippen LogP contribution in [-0.4, -0.2) is 22.8 Å². The van der Waals surface area contributed by atoms with Crippen molar-refractivity contribution in [1.29, 1.82) is 0 Å². The number of nitrogens with one attached hydrogen (secondary N) is 1. The fourth-order valence-corrected chi connectivity index (χ4v) is 3.98. The van der Waals surface area contributed by atoms with E-state index in [0.717, 1.165) is 17.1 Å². The lowest BCUT2D eigenvalue weighted by Gasteiger charge is -2.11. The highest BCUT2D eigenvalue weighted by Crippen LogP contribution is 2.22. The zero-order valence-electron chi connectivity index (χ0n) is 12.2. The summed E-state index contributed by atoms with van der Waals surface area (Å²) in [5.41, 5.74) is 1.42. The fraction of sp³-hybridized carbons (Fsp3) is 0.133. The smallest absolute Gasteiger partial charge is 0.260 e. The van der Waals surface area contributed by atoms with E-state index in [1.807, 2.05) is 36.4 Å². The van der Waals surface area contributed by atoms with Crippen LogP contribution in [-0.2, 0) is 10.0 Å². The Bertz CT molecular complexity index is 880. The van der Waals surface area contributed by atoms with Gasteiger partial charge < -0.3 is 0 Å². The lowest BCUT2D eigenvalue weighted by Crippen LogP contribution is -2.27. The molecule has 0 bridgehead atoms. The number of rotatable bonds is 5. The summed E-state index contributed by atoms with van der Waals surface area (Å²) >= 11 is 0.857. The first-order valence-electron chi connectivity index (χ1n) is 6.88. The van der Waals surface area contributed by atoms with Gasteiger partial charge in [-0.3, -0.25) is 4.98 Å². The van der Waals surface area contributed by atoms with Crippen molar-refractivity contribution in [2.75, 3.05) is 0 Å². The predicted octanol–water partition coefficient (Wildman–Crippen LogP) is 2.64. The van der Waals surface area contributed by atoms with Gasteiger partial charge >= 0.3 is 0 Å². The van der Waals surface area contributed by atoms with Crippen molar-refractivity contribution >= 4 is 21.6 Å². The van der Waals surface area contributed by atoms with Crippen LogP contribution in [0, 0.1) is 0 Å². The van der Waals surface area contributed by atoms with Crippen molar-refractivity contribution < 1.29 is 8.42 Å². The maximum absolute atomic E-state index is 12.4. The van der Waals surface area contributed by atoms with Crippen LogP contribution in [0.15, 0.2) is 59.1 Å². The molecular weight excluding hydrogens is 332 g/mol. The number of hydrogen-bond donors (Lipinski definition) is 1. The molecule has 1 atom stereocenters. The van der Waals surface area contributed by atoms with Crippen molar-refractivity contribution in [2.45, 2.75) is 17.3 Å². The monoisotopic (exact) mass is 346 g/mol. The van der Waals surface area contributed by atoms with E-state index in [1.54, 1.807) is 25.3 Å². The van der Waals surface area contributed by atoms with E-state index in [9.17, 15) is 8.42 Å². The molecule has 0 amide bonds. The number of benzene rings is 1. The SMILES string of the molecule is CC(NS(=O)(=O)c1nc(-c2ccccc2)ns1)c1ccccn1. The topological polar surface area (TPSA) is 84.8 Å². The summed E-state index contributed by atoms with van der Waals surface area (Å²) in [5.74, 6) is 0.404. The Labute approximate surface area is 138 Å². The molecule has 3 aromatic rings. The third-order valence-electron chi connectivity index (χ3n) is 3.13. The molecule has 0 aliphatic carbocycles. The summed E-state index contributed by atoms with van der Waals surface area (Å²) in [5, 5.41) is 0. The number of sulfonamides is 1. The first-order chi connectivity index (χ1) is 11.1. The second-order valence-corrected chi connectivity index (χ2v) is 7.49. The van der Waals surface area contributed by atoms with Crippen LogP contribution in [0.25, 0.3) is 11.4 Å². The maximum Gasteiger partial charge on any atom is 0.270 e. The molecule has 0 saturated heterocycles. The van der Waals surface area contributed by atoms with Gasteiger partial charge in [0.05, 0.1) is 11.7 Å². The lowest BCUT2D eigenvalue weighted by atomic mass is 10.2. The van der Waals surface area contributed by atoms with Gasteiger partial charge in [-0.25, -0.2) is 18.1 Å².